The summed E-state index contributed by atoms with van der Waals surface area (Å²) in [6, 6.07) is 9.46. The van der Waals surface area contributed by atoms with Crippen molar-refractivity contribution >= 4 is 17.4 Å². The Hall–Kier alpha value is -3.52. The highest BCUT2D eigenvalue weighted by Crippen LogP contribution is 2.45. The maximum atomic E-state index is 13.9. The van der Waals surface area contributed by atoms with Gasteiger partial charge in [0, 0.05) is 11.1 Å². The first-order valence-electron chi connectivity index (χ1n) is 12.8. The van der Waals surface area contributed by atoms with Crippen LogP contribution in [0.5, 0.6) is 17.2 Å². The quantitative estimate of drug-likeness (QED) is 0.282. The van der Waals surface area contributed by atoms with Gasteiger partial charge in [-0.25, -0.2) is 0 Å². The first-order chi connectivity index (χ1) is 17.7. The normalized spacial score (nSPS) is 17.1. The van der Waals surface area contributed by atoms with Gasteiger partial charge in [-0.3, -0.25) is 9.59 Å². The van der Waals surface area contributed by atoms with Gasteiger partial charge in [0.1, 0.15) is 5.75 Å². The van der Waals surface area contributed by atoms with Gasteiger partial charge in [0.15, 0.2) is 11.5 Å². The molecule has 0 aromatic heterocycles. The molecule has 0 aliphatic carbocycles. The minimum absolute atomic E-state index is 0.0185. The van der Waals surface area contributed by atoms with Gasteiger partial charge in [-0.1, -0.05) is 24.0 Å². The lowest BCUT2D eigenvalue weighted by Crippen LogP contribution is -3.12. The van der Waals surface area contributed by atoms with E-state index in [0.29, 0.717) is 41.5 Å². The standard InChI is InChI=1S/C29H38N2O6/c1-8-30(9-2)15-16-31-25(21-11-10-12-23(35-6)28(21)36-7)24(27(33)29(31)34)26(32)20-13-14-22(19(5)17-20)37-18(3)4/h10-14,17-18,25,32H,8-9,15-16H2,1-7H3. The number of carbonyl (C=O) groups excluding carboxylic acids is 2. The van der Waals surface area contributed by atoms with Crippen LogP contribution in [0.2, 0.25) is 0 Å². The molecule has 0 saturated carbocycles. The van der Waals surface area contributed by atoms with Gasteiger partial charge in [0.2, 0.25) is 5.78 Å². The SMILES string of the molecule is CC[NH+](CC)CCN1C(=O)C(=O)C(=C([O-])c2ccc(OC(C)C)c(C)c2)C1c1cccc(OC)c1OC. The number of ether oxygens (including phenoxy) is 3. The number of para-hydroxylation sites is 1. The molecule has 8 heteroatoms. The number of benzene rings is 2. The van der Waals surface area contributed by atoms with E-state index in [9.17, 15) is 14.7 Å². The lowest BCUT2D eigenvalue weighted by atomic mass is 9.94. The highest BCUT2D eigenvalue weighted by molar-refractivity contribution is 6.46. The number of ketones is 1. The highest BCUT2D eigenvalue weighted by Gasteiger charge is 2.45. The van der Waals surface area contributed by atoms with E-state index in [4.69, 9.17) is 14.2 Å². The molecule has 200 valence electrons. The maximum Gasteiger partial charge on any atom is 0.295 e. The second-order valence-corrected chi connectivity index (χ2v) is 9.41. The number of aryl methyl sites for hydroxylation is 1. The molecule has 0 radical (unpaired) electrons. The molecule has 1 saturated heterocycles. The summed E-state index contributed by atoms with van der Waals surface area (Å²) in [5.41, 5.74) is 1.56. The zero-order valence-electron chi connectivity index (χ0n) is 22.8. The van der Waals surface area contributed by atoms with Crippen molar-refractivity contribution in [1.29, 1.82) is 0 Å². The average Bonchev–Trinajstić information content (AvgIpc) is 3.14. The summed E-state index contributed by atoms with van der Waals surface area (Å²) < 4.78 is 16.9. The molecule has 37 heavy (non-hydrogen) atoms. The van der Waals surface area contributed by atoms with Crippen LogP contribution in [0, 0.1) is 6.92 Å². The van der Waals surface area contributed by atoms with Crippen molar-refractivity contribution in [2.24, 2.45) is 0 Å². The summed E-state index contributed by atoms with van der Waals surface area (Å²) in [4.78, 5) is 29.5. The molecule has 1 aliphatic heterocycles. The van der Waals surface area contributed by atoms with Crippen molar-refractivity contribution in [1.82, 2.24) is 4.90 Å². The molecule has 1 N–H and O–H groups in total. The number of carbonyl (C=O) groups is 2. The van der Waals surface area contributed by atoms with Gasteiger partial charge >= 0.3 is 0 Å². The smallest absolute Gasteiger partial charge is 0.295 e. The molecule has 3 rings (SSSR count). The second-order valence-electron chi connectivity index (χ2n) is 9.41. The third-order valence-electron chi connectivity index (χ3n) is 6.76. The number of nitrogens with zero attached hydrogens (tertiary/aromatic N) is 1. The molecule has 1 unspecified atom stereocenters. The minimum Gasteiger partial charge on any atom is -0.872 e. The van der Waals surface area contributed by atoms with E-state index >= 15 is 0 Å². The molecule has 2 aromatic rings. The first-order valence-corrected chi connectivity index (χ1v) is 12.8. The number of hydrogen-bond donors (Lipinski definition) is 1. The van der Waals surface area contributed by atoms with E-state index in [-0.39, 0.29) is 11.7 Å². The highest BCUT2D eigenvalue weighted by atomic mass is 16.5. The molecule has 0 bridgehead atoms. The monoisotopic (exact) mass is 510 g/mol. The Morgan fingerprint density at radius 1 is 1.05 bits per heavy atom. The lowest BCUT2D eigenvalue weighted by molar-refractivity contribution is -0.895. The molecular formula is C29H38N2O6. The van der Waals surface area contributed by atoms with E-state index in [1.807, 2.05) is 20.8 Å². The van der Waals surface area contributed by atoms with Crippen molar-refractivity contribution in [3.63, 3.8) is 0 Å². The Kier molecular flexibility index (Phi) is 9.21. The van der Waals surface area contributed by atoms with Crippen molar-refractivity contribution < 1.29 is 33.8 Å². The molecule has 1 fully saturated rings. The zero-order chi connectivity index (χ0) is 27.3. The number of likely N-dealkylation sites (N-methyl/N-ethyl adjacent to an activating group) is 1. The minimum atomic E-state index is -0.889. The van der Waals surface area contributed by atoms with Crippen LogP contribution in [0.25, 0.3) is 5.76 Å². The van der Waals surface area contributed by atoms with Crippen molar-refractivity contribution in [3.8, 4) is 17.2 Å². The van der Waals surface area contributed by atoms with Crippen molar-refractivity contribution in [2.75, 3.05) is 40.4 Å². The van der Waals surface area contributed by atoms with Gasteiger partial charge < -0.3 is 29.1 Å². The van der Waals surface area contributed by atoms with Gasteiger partial charge in [-0.15, -0.1) is 0 Å². The van der Waals surface area contributed by atoms with E-state index < -0.39 is 23.5 Å². The fourth-order valence-corrected chi connectivity index (χ4v) is 4.77. The second kappa shape index (κ2) is 12.1. The summed E-state index contributed by atoms with van der Waals surface area (Å²) in [6.45, 7) is 12.6. The summed E-state index contributed by atoms with van der Waals surface area (Å²) >= 11 is 0. The first kappa shape index (κ1) is 28.1. The van der Waals surface area contributed by atoms with E-state index in [1.54, 1.807) is 36.4 Å². The molecule has 1 aliphatic rings. The number of methoxy groups -OCH3 is 2. The molecule has 1 amide bonds. The Morgan fingerprint density at radius 3 is 2.32 bits per heavy atom. The van der Waals surface area contributed by atoms with Crippen LogP contribution in [-0.2, 0) is 9.59 Å². The predicted octanol–water partition coefficient (Wildman–Crippen LogP) is 1.95. The topological polar surface area (TPSA) is 92.6 Å². The Balaban J connectivity index is 2.19. The van der Waals surface area contributed by atoms with Gasteiger partial charge in [-0.05, 0) is 63.9 Å². The van der Waals surface area contributed by atoms with Crippen LogP contribution in [0.4, 0.5) is 0 Å². The molecule has 8 nitrogen and oxygen atoms in total. The zero-order valence-corrected chi connectivity index (χ0v) is 22.8. The molecule has 2 aromatic carbocycles. The third kappa shape index (κ3) is 5.74. The molecule has 1 atom stereocenters. The van der Waals surface area contributed by atoms with Crippen LogP contribution in [0.3, 0.4) is 0 Å². The molecule has 1 heterocycles. The third-order valence-corrected chi connectivity index (χ3v) is 6.76. The van der Waals surface area contributed by atoms with Crippen molar-refractivity contribution in [3.05, 3.63) is 58.7 Å². The van der Waals surface area contributed by atoms with Gasteiger partial charge in [-0.2, -0.15) is 0 Å². The van der Waals surface area contributed by atoms with Crippen LogP contribution in [0.15, 0.2) is 42.0 Å². The number of hydrogen-bond acceptors (Lipinski definition) is 6. The Bertz CT molecular complexity index is 1170. The summed E-state index contributed by atoms with van der Waals surface area (Å²) in [6.07, 6.45) is -0.0185. The number of quaternary nitrogens is 1. The summed E-state index contributed by atoms with van der Waals surface area (Å²) in [5.74, 6) is -0.431. The average molecular weight is 511 g/mol. The number of rotatable bonds is 11. The summed E-state index contributed by atoms with van der Waals surface area (Å²) in [5, 5.41) is 13.9. The maximum absolute atomic E-state index is 13.9. The fraction of sp³-hybridized carbons (Fsp3) is 0.448. The van der Waals surface area contributed by atoms with E-state index in [0.717, 1.165) is 18.7 Å². The van der Waals surface area contributed by atoms with E-state index in [2.05, 4.69) is 13.8 Å². The Labute approximate surface area is 219 Å². The fourth-order valence-electron chi connectivity index (χ4n) is 4.77. The Morgan fingerprint density at radius 2 is 1.76 bits per heavy atom. The number of Topliss-reactive ketones (excluding diaryl/α,β-unsaturated/α-hetero) is 1. The van der Waals surface area contributed by atoms with Crippen LogP contribution >= 0.6 is 0 Å². The lowest BCUT2D eigenvalue weighted by Gasteiger charge is -2.30. The van der Waals surface area contributed by atoms with Crippen LogP contribution in [0.1, 0.15) is 50.4 Å². The van der Waals surface area contributed by atoms with Crippen molar-refractivity contribution in [2.45, 2.75) is 46.8 Å². The number of nitrogens with one attached hydrogen (secondary N) is 1. The molecule has 0 spiro atoms. The van der Waals surface area contributed by atoms with Crippen LogP contribution in [-0.4, -0.2) is 63.1 Å². The number of amides is 1. The number of likely N-dealkylation sites (tertiary alicyclic amines) is 1. The molecular weight excluding hydrogens is 472 g/mol. The van der Waals surface area contributed by atoms with Gasteiger partial charge in [0.25, 0.3) is 5.91 Å². The van der Waals surface area contributed by atoms with Gasteiger partial charge in [0.05, 0.1) is 52.5 Å². The summed E-state index contributed by atoms with van der Waals surface area (Å²) in [7, 11) is 3.02. The van der Waals surface area contributed by atoms with E-state index in [1.165, 1.54) is 24.0 Å². The predicted molar refractivity (Wildman–Crippen MR) is 140 cm³/mol. The largest absolute Gasteiger partial charge is 0.872 e. The van der Waals surface area contributed by atoms with Crippen LogP contribution < -0.4 is 24.2 Å².